The molecule has 0 aliphatic heterocycles. The molecule has 0 saturated carbocycles. The third-order valence-electron chi connectivity index (χ3n) is 2.68. The Labute approximate surface area is 115 Å². The van der Waals surface area contributed by atoms with Gasteiger partial charge in [-0.1, -0.05) is 42.3 Å². The van der Waals surface area contributed by atoms with Crippen molar-refractivity contribution in [2.45, 2.75) is 19.9 Å². The Morgan fingerprint density at radius 2 is 2.17 bits per heavy atom. The van der Waals surface area contributed by atoms with Crippen LogP contribution in [-0.4, -0.2) is 16.1 Å². The van der Waals surface area contributed by atoms with E-state index in [0.29, 0.717) is 28.7 Å². The van der Waals surface area contributed by atoms with Crippen LogP contribution >= 0.6 is 23.2 Å². The minimum Gasteiger partial charge on any atom is -0.298 e. The molecule has 1 heterocycles. The number of hydrogen-bond donors (Lipinski definition) is 0. The Bertz CT molecular complexity index is 578. The molecule has 0 aliphatic carbocycles. The van der Waals surface area contributed by atoms with Gasteiger partial charge in [0.05, 0.1) is 17.8 Å². The topological polar surface area (TPSA) is 34.9 Å². The molecule has 0 aliphatic rings. The highest BCUT2D eigenvalue weighted by atomic mass is 35.5. The fourth-order valence-corrected chi connectivity index (χ4v) is 2.26. The zero-order valence-corrected chi connectivity index (χ0v) is 11.4. The molecule has 0 saturated heterocycles. The maximum absolute atomic E-state index is 11.0. The van der Waals surface area contributed by atoms with E-state index in [0.717, 1.165) is 17.5 Å². The summed E-state index contributed by atoms with van der Waals surface area (Å²) in [5, 5.41) is 5.38. The van der Waals surface area contributed by atoms with Gasteiger partial charge in [-0.3, -0.25) is 4.79 Å². The average molecular weight is 283 g/mol. The summed E-state index contributed by atoms with van der Waals surface area (Å²) in [6, 6.07) is 7.47. The first-order chi connectivity index (χ1) is 8.65. The number of benzene rings is 1. The number of aldehydes is 1. The van der Waals surface area contributed by atoms with Crippen LogP contribution in [0.4, 0.5) is 0 Å². The molecule has 0 atom stereocenters. The lowest BCUT2D eigenvalue weighted by Crippen LogP contribution is -2.02. The largest absolute Gasteiger partial charge is 0.298 e. The second kappa shape index (κ2) is 5.55. The summed E-state index contributed by atoms with van der Waals surface area (Å²) in [6.07, 6.45) is 1.43. The van der Waals surface area contributed by atoms with E-state index in [1.165, 1.54) is 0 Å². The van der Waals surface area contributed by atoms with Crippen LogP contribution in [0.15, 0.2) is 24.3 Å². The van der Waals surface area contributed by atoms with Crippen LogP contribution < -0.4 is 0 Å². The number of aromatic nitrogens is 2. The number of rotatable bonds is 4. The molecule has 0 fully saturated rings. The van der Waals surface area contributed by atoms with Gasteiger partial charge < -0.3 is 0 Å². The lowest BCUT2D eigenvalue weighted by molar-refractivity contribution is 0.112. The van der Waals surface area contributed by atoms with E-state index < -0.39 is 0 Å². The fourth-order valence-electron chi connectivity index (χ4n) is 1.79. The molecule has 1 aromatic carbocycles. The van der Waals surface area contributed by atoms with Crippen molar-refractivity contribution >= 4 is 29.5 Å². The molecule has 18 heavy (non-hydrogen) atoms. The minimum absolute atomic E-state index is 0.377. The summed E-state index contributed by atoms with van der Waals surface area (Å²) < 4.78 is 1.62. The van der Waals surface area contributed by atoms with E-state index in [4.69, 9.17) is 23.2 Å². The van der Waals surface area contributed by atoms with Crippen molar-refractivity contribution in [3.05, 3.63) is 51.3 Å². The Balaban J connectivity index is 2.35. The molecule has 2 rings (SSSR count). The van der Waals surface area contributed by atoms with Crippen LogP contribution in [0, 0.1) is 0 Å². The third kappa shape index (κ3) is 2.57. The molecular weight excluding hydrogens is 271 g/mol. The van der Waals surface area contributed by atoms with Gasteiger partial charge in [0.2, 0.25) is 0 Å². The SMILES string of the molecule is CCc1nn(Cc2cccc(Cl)c2)c(Cl)c1C=O. The smallest absolute Gasteiger partial charge is 0.155 e. The van der Waals surface area contributed by atoms with Gasteiger partial charge in [0.1, 0.15) is 5.15 Å². The Morgan fingerprint density at radius 1 is 1.39 bits per heavy atom. The highest BCUT2D eigenvalue weighted by molar-refractivity contribution is 6.32. The van der Waals surface area contributed by atoms with Gasteiger partial charge in [0.25, 0.3) is 0 Å². The molecule has 0 N–H and O–H groups in total. The van der Waals surface area contributed by atoms with E-state index in [1.54, 1.807) is 4.68 Å². The molecule has 2 aromatic rings. The van der Waals surface area contributed by atoms with Crippen molar-refractivity contribution in [1.82, 2.24) is 9.78 Å². The van der Waals surface area contributed by atoms with Gasteiger partial charge in [-0.15, -0.1) is 0 Å². The number of hydrogen-bond acceptors (Lipinski definition) is 2. The highest BCUT2D eigenvalue weighted by Gasteiger charge is 2.14. The van der Waals surface area contributed by atoms with E-state index >= 15 is 0 Å². The van der Waals surface area contributed by atoms with Crippen molar-refractivity contribution in [3.8, 4) is 0 Å². The first-order valence-corrected chi connectivity index (χ1v) is 6.36. The minimum atomic E-state index is 0.377. The summed E-state index contributed by atoms with van der Waals surface area (Å²) in [4.78, 5) is 11.0. The predicted octanol–water partition coefficient (Wildman–Crippen LogP) is 3.61. The number of carbonyl (C=O) groups is 1. The normalized spacial score (nSPS) is 10.6. The average Bonchev–Trinajstić information content (AvgIpc) is 2.66. The molecule has 0 amide bonds. The first kappa shape index (κ1) is 13.1. The number of nitrogens with zero attached hydrogens (tertiary/aromatic N) is 2. The van der Waals surface area contributed by atoms with Gasteiger partial charge in [-0.25, -0.2) is 4.68 Å². The second-order valence-electron chi connectivity index (χ2n) is 3.91. The fraction of sp³-hybridized carbons (Fsp3) is 0.231. The third-order valence-corrected chi connectivity index (χ3v) is 3.31. The second-order valence-corrected chi connectivity index (χ2v) is 4.70. The molecule has 0 spiro atoms. The quantitative estimate of drug-likeness (QED) is 0.803. The monoisotopic (exact) mass is 282 g/mol. The van der Waals surface area contributed by atoms with Gasteiger partial charge >= 0.3 is 0 Å². The van der Waals surface area contributed by atoms with Crippen LogP contribution in [0.2, 0.25) is 10.2 Å². The lowest BCUT2D eigenvalue weighted by Gasteiger charge is -2.03. The van der Waals surface area contributed by atoms with Crippen LogP contribution in [-0.2, 0) is 13.0 Å². The summed E-state index contributed by atoms with van der Waals surface area (Å²) in [6.45, 7) is 2.44. The summed E-state index contributed by atoms with van der Waals surface area (Å²) in [5.74, 6) is 0. The van der Waals surface area contributed by atoms with Crippen molar-refractivity contribution in [2.24, 2.45) is 0 Å². The lowest BCUT2D eigenvalue weighted by atomic mass is 10.2. The molecular formula is C13H12Cl2N2O. The maximum atomic E-state index is 11.0. The van der Waals surface area contributed by atoms with E-state index in [1.807, 2.05) is 31.2 Å². The summed E-state index contributed by atoms with van der Waals surface area (Å²) in [7, 11) is 0. The van der Waals surface area contributed by atoms with E-state index in [-0.39, 0.29) is 0 Å². The predicted molar refractivity (Wildman–Crippen MR) is 72.6 cm³/mol. The maximum Gasteiger partial charge on any atom is 0.155 e. The molecule has 94 valence electrons. The summed E-state index contributed by atoms with van der Waals surface area (Å²) >= 11 is 12.1. The molecule has 3 nitrogen and oxygen atoms in total. The molecule has 0 bridgehead atoms. The first-order valence-electron chi connectivity index (χ1n) is 5.60. The van der Waals surface area contributed by atoms with Crippen molar-refractivity contribution < 1.29 is 4.79 Å². The van der Waals surface area contributed by atoms with Crippen LogP contribution in [0.5, 0.6) is 0 Å². The zero-order chi connectivity index (χ0) is 13.1. The molecule has 0 radical (unpaired) electrons. The van der Waals surface area contributed by atoms with Gasteiger partial charge in [0, 0.05) is 5.02 Å². The molecule has 0 unspecified atom stereocenters. The van der Waals surface area contributed by atoms with Crippen molar-refractivity contribution in [2.75, 3.05) is 0 Å². The molecule has 1 aromatic heterocycles. The standard InChI is InChI=1S/C13H12Cl2N2O/c1-2-12-11(8-18)13(15)17(16-12)7-9-4-3-5-10(14)6-9/h3-6,8H,2,7H2,1H3. The highest BCUT2D eigenvalue weighted by Crippen LogP contribution is 2.20. The van der Waals surface area contributed by atoms with E-state index in [9.17, 15) is 4.79 Å². The molecule has 5 heteroatoms. The number of halogens is 2. The number of carbonyl (C=O) groups excluding carboxylic acids is 1. The van der Waals surface area contributed by atoms with Crippen LogP contribution in [0.1, 0.15) is 28.5 Å². The number of aryl methyl sites for hydroxylation is 1. The van der Waals surface area contributed by atoms with E-state index in [2.05, 4.69) is 5.10 Å². The Morgan fingerprint density at radius 3 is 2.72 bits per heavy atom. The summed E-state index contributed by atoms with van der Waals surface area (Å²) in [5.41, 5.74) is 2.19. The Hall–Kier alpha value is -1.32. The van der Waals surface area contributed by atoms with Crippen molar-refractivity contribution in [1.29, 1.82) is 0 Å². The Kier molecular flexibility index (Phi) is 4.04. The van der Waals surface area contributed by atoms with Gasteiger partial charge in [-0.2, -0.15) is 5.10 Å². The van der Waals surface area contributed by atoms with Gasteiger partial charge in [0.15, 0.2) is 6.29 Å². The zero-order valence-electron chi connectivity index (χ0n) is 9.86. The van der Waals surface area contributed by atoms with Crippen molar-refractivity contribution in [3.63, 3.8) is 0 Å². The van der Waals surface area contributed by atoms with Crippen LogP contribution in [0.3, 0.4) is 0 Å². The van der Waals surface area contributed by atoms with Gasteiger partial charge in [-0.05, 0) is 24.1 Å². The van der Waals surface area contributed by atoms with Crippen LogP contribution in [0.25, 0.3) is 0 Å².